The molecule has 0 saturated carbocycles. The third-order valence-electron chi connectivity index (χ3n) is 7.63. The number of halogens is 3. The Bertz CT molecular complexity index is 1610. The number of β-amino-alcohol motifs (C(OH)–C–C–N with tert-alkyl or cyclic N) is 1. The van der Waals surface area contributed by atoms with E-state index in [0.717, 1.165) is 31.5 Å². The maximum absolute atomic E-state index is 13.7. The highest BCUT2D eigenvalue weighted by molar-refractivity contribution is 7.90. The first-order valence-electron chi connectivity index (χ1n) is 14.2. The number of sulfone groups is 1. The lowest BCUT2D eigenvalue weighted by atomic mass is 9.93. The van der Waals surface area contributed by atoms with Crippen molar-refractivity contribution < 1.29 is 36.2 Å². The SMILES string of the molecule is COCC(O)CN1CC[C@H](Nc2cccc3c2cc(C#CCNc2ccc(S(C)(=O)=O)cc2OC)n3CC(F)(F)F)[C@H](C)C1. The summed E-state index contributed by atoms with van der Waals surface area (Å²) in [5, 5.41) is 17.4. The van der Waals surface area contributed by atoms with Crippen LogP contribution in [0.4, 0.5) is 24.5 Å². The zero-order valence-electron chi connectivity index (χ0n) is 25.2. The van der Waals surface area contributed by atoms with Crippen molar-refractivity contribution in [2.75, 3.05) is 63.9 Å². The number of piperidine rings is 1. The van der Waals surface area contributed by atoms with Gasteiger partial charge in [0, 0.05) is 56.2 Å². The van der Waals surface area contributed by atoms with Gasteiger partial charge in [0.15, 0.2) is 9.84 Å². The van der Waals surface area contributed by atoms with Crippen LogP contribution in [-0.2, 0) is 21.1 Å². The van der Waals surface area contributed by atoms with Gasteiger partial charge in [-0.2, -0.15) is 13.2 Å². The highest BCUT2D eigenvalue weighted by Crippen LogP contribution is 2.32. The second-order valence-corrected chi connectivity index (χ2v) is 13.2. The molecule has 2 heterocycles. The average molecular weight is 637 g/mol. The second kappa shape index (κ2) is 14.1. The lowest BCUT2D eigenvalue weighted by Crippen LogP contribution is -2.48. The minimum Gasteiger partial charge on any atom is -0.495 e. The van der Waals surface area contributed by atoms with E-state index < -0.39 is 28.7 Å². The number of likely N-dealkylation sites (tertiary alicyclic amines) is 1. The van der Waals surface area contributed by atoms with Gasteiger partial charge in [-0.3, -0.25) is 0 Å². The molecular formula is C31H39F3N4O5S. The zero-order valence-corrected chi connectivity index (χ0v) is 26.1. The Hall–Kier alpha value is -3.44. The summed E-state index contributed by atoms with van der Waals surface area (Å²) < 4.78 is 76.2. The number of anilines is 2. The maximum atomic E-state index is 13.7. The zero-order chi connectivity index (χ0) is 32.1. The lowest BCUT2D eigenvalue weighted by molar-refractivity contribution is -0.140. The largest absolute Gasteiger partial charge is 0.495 e. The quantitative estimate of drug-likeness (QED) is 0.269. The number of hydrogen-bond acceptors (Lipinski definition) is 8. The van der Waals surface area contributed by atoms with Crippen molar-refractivity contribution in [2.45, 2.75) is 43.1 Å². The summed E-state index contributed by atoms with van der Waals surface area (Å²) in [6, 6.07) is 11.4. The van der Waals surface area contributed by atoms with E-state index in [1.54, 1.807) is 31.4 Å². The third-order valence-corrected chi connectivity index (χ3v) is 8.74. The van der Waals surface area contributed by atoms with E-state index in [1.807, 2.05) is 6.07 Å². The van der Waals surface area contributed by atoms with E-state index in [1.165, 1.54) is 23.8 Å². The number of hydrogen-bond donors (Lipinski definition) is 3. The number of benzene rings is 2. The van der Waals surface area contributed by atoms with Crippen molar-refractivity contribution in [1.29, 1.82) is 0 Å². The molecule has 4 rings (SSSR count). The molecule has 1 saturated heterocycles. The molecule has 0 aliphatic carbocycles. The monoisotopic (exact) mass is 636 g/mol. The van der Waals surface area contributed by atoms with Gasteiger partial charge in [-0.1, -0.05) is 18.9 Å². The van der Waals surface area contributed by atoms with E-state index in [0.29, 0.717) is 28.9 Å². The molecule has 1 aliphatic rings. The van der Waals surface area contributed by atoms with Crippen molar-refractivity contribution in [1.82, 2.24) is 9.47 Å². The van der Waals surface area contributed by atoms with Gasteiger partial charge in [0.1, 0.15) is 12.3 Å². The lowest BCUT2D eigenvalue weighted by Gasteiger charge is -2.38. The molecule has 0 bridgehead atoms. The number of aliphatic hydroxyl groups excluding tert-OH is 1. The molecule has 0 spiro atoms. The molecular weight excluding hydrogens is 597 g/mol. The summed E-state index contributed by atoms with van der Waals surface area (Å²) in [4.78, 5) is 2.30. The Morgan fingerprint density at radius 3 is 2.59 bits per heavy atom. The molecule has 240 valence electrons. The molecule has 2 aromatic carbocycles. The van der Waals surface area contributed by atoms with Crippen LogP contribution < -0.4 is 15.4 Å². The highest BCUT2D eigenvalue weighted by atomic mass is 32.2. The van der Waals surface area contributed by atoms with Crippen LogP contribution in [0.15, 0.2) is 47.4 Å². The maximum Gasteiger partial charge on any atom is 0.406 e. The Balaban J connectivity index is 1.54. The van der Waals surface area contributed by atoms with Crippen LogP contribution in [0.2, 0.25) is 0 Å². The molecule has 13 heteroatoms. The van der Waals surface area contributed by atoms with Crippen molar-refractivity contribution in [3.05, 3.63) is 48.2 Å². The first-order chi connectivity index (χ1) is 20.8. The molecule has 0 radical (unpaired) electrons. The molecule has 9 nitrogen and oxygen atoms in total. The van der Waals surface area contributed by atoms with Gasteiger partial charge in [-0.05, 0) is 48.6 Å². The van der Waals surface area contributed by atoms with E-state index in [4.69, 9.17) is 9.47 Å². The minimum atomic E-state index is -4.45. The molecule has 1 unspecified atom stereocenters. The van der Waals surface area contributed by atoms with Crippen LogP contribution in [-0.4, -0.2) is 94.6 Å². The predicted molar refractivity (Wildman–Crippen MR) is 165 cm³/mol. The number of aliphatic hydroxyl groups is 1. The van der Waals surface area contributed by atoms with Crippen LogP contribution in [0.1, 0.15) is 19.0 Å². The van der Waals surface area contributed by atoms with Crippen LogP contribution in [0, 0.1) is 17.8 Å². The second-order valence-electron chi connectivity index (χ2n) is 11.1. The Labute approximate surface area is 256 Å². The van der Waals surface area contributed by atoms with Gasteiger partial charge in [0.25, 0.3) is 0 Å². The van der Waals surface area contributed by atoms with Crippen molar-refractivity contribution >= 4 is 32.1 Å². The summed E-state index contributed by atoms with van der Waals surface area (Å²) in [7, 11) is -0.453. The van der Waals surface area contributed by atoms with Gasteiger partial charge in [0.05, 0.1) is 48.2 Å². The molecule has 1 aliphatic heterocycles. The van der Waals surface area contributed by atoms with Crippen LogP contribution in [0.25, 0.3) is 10.9 Å². The van der Waals surface area contributed by atoms with Gasteiger partial charge in [-0.25, -0.2) is 8.42 Å². The van der Waals surface area contributed by atoms with E-state index in [2.05, 4.69) is 34.3 Å². The predicted octanol–water partition coefficient (Wildman–Crippen LogP) is 4.21. The average Bonchev–Trinajstić information content (AvgIpc) is 3.28. The molecule has 0 amide bonds. The fourth-order valence-electron chi connectivity index (χ4n) is 5.54. The van der Waals surface area contributed by atoms with Gasteiger partial charge < -0.3 is 34.7 Å². The van der Waals surface area contributed by atoms with Gasteiger partial charge >= 0.3 is 6.18 Å². The topological polar surface area (TPSA) is 105 Å². The molecule has 3 atom stereocenters. The van der Waals surface area contributed by atoms with E-state index in [9.17, 15) is 26.7 Å². The number of aromatic nitrogens is 1. The Morgan fingerprint density at radius 2 is 1.93 bits per heavy atom. The van der Waals surface area contributed by atoms with Gasteiger partial charge in [-0.15, -0.1) is 0 Å². The summed E-state index contributed by atoms with van der Waals surface area (Å²) in [6.07, 6.45) is -3.10. The summed E-state index contributed by atoms with van der Waals surface area (Å²) in [5.74, 6) is 6.32. The Morgan fingerprint density at radius 1 is 1.16 bits per heavy atom. The number of methoxy groups -OCH3 is 2. The summed E-state index contributed by atoms with van der Waals surface area (Å²) >= 11 is 0. The molecule has 44 heavy (non-hydrogen) atoms. The number of alkyl halides is 3. The van der Waals surface area contributed by atoms with Crippen molar-refractivity contribution in [3.8, 4) is 17.6 Å². The molecule has 1 fully saturated rings. The first kappa shape index (κ1) is 33.5. The highest BCUT2D eigenvalue weighted by Gasteiger charge is 2.31. The first-order valence-corrected chi connectivity index (χ1v) is 16.1. The smallest absolute Gasteiger partial charge is 0.406 e. The van der Waals surface area contributed by atoms with E-state index in [-0.39, 0.29) is 35.7 Å². The fraction of sp³-hybridized carbons (Fsp3) is 0.484. The summed E-state index contributed by atoms with van der Waals surface area (Å²) in [5.41, 5.74) is 1.90. The molecule has 3 aromatic rings. The van der Waals surface area contributed by atoms with Crippen LogP contribution in [0.5, 0.6) is 5.75 Å². The van der Waals surface area contributed by atoms with Gasteiger partial charge in [0.2, 0.25) is 0 Å². The van der Waals surface area contributed by atoms with Crippen molar-refractivity contribution in [3.63, 3.8) is 0 Å². The Kier molecular flexibility index (Phi) is 10.7. The summed E-state index contributed by atoms with van der Waals surface area (Å²) in [6.45, 7) is 3.37. The molecule has 1 aromatic heterocycles. The number of nitrogens with one attached hydrogen (secondary N) is 2. The number of fused-ring (bicyclic) bond motifs is 1. The van der Waals surface area contributed by atoms with E-state index >= 15 is 0 Å². The van der Waals surface area contributed by atoms with Crippen LogP contribution >= 0.6 is 0 Å². The molecule has 3 N–H and O–H groups in total. The number of nitrogens with zero attached hydrogens (tertiary/aromatic N) is 2. The fourth-order valence-corrected chi connectivity index (χ4v) is 6.18. The minimum absolute atomic E-state index is 0.0857. The number of ether oxygens (including phenoxy) is 2. The van der Waals surface area contributed by atoms with Crippen molar-refractivity contribution in [2.24, 2.45) is 5.92 Å². The standard InChI is InChI=1S/C31H39F3N4O5S/c1-21-17-37(18-23(39)19-42-2)14-12-26(21)36-27-8-5-9-29-25(27)15-22(38(29)20-31(32,33)34)7-6-13-35-28-11-10-24(44(4,40)41)16-30(28)43-3/h5,8-11,15-16,21,23,26,35-36,39H,12-14,17-20H2,1-4H3/t21-,23?,26+/m1/s1. The van der Waals surface area contributed by atoms with Crippen LogP contribution in [0.3, 0.4) is 0 Å². The third kappa shape index (κ3) is 8.59. The number of rotatable bonds is 11. The normalized spacial score (nSPS) is 18.5.